The van der Waals surface area contributed by atoms with Gasteiger partial charge < -0.3 is 4.90 Å². The highest BCUT2D eigenvalue weighted by molar-refractivity contribution is 8.20. The fourth-order valence-electron chi connectivity index (χ4n) is 3.73. The highest BCUT2D eigenvalue weighted by atomic mass is 35.5. The summed E-state index contributed by atoms with van der Waals surface area (Å²) < 4.78 is 13.6. The van der Waals surface area contributed by atoms with Crippen molar-refractivity contribution >= 4 is 63.3 Å². The van der Waals surface area contributed by atoms with Crippen LogP contribution in [-0.4, -0.2) is 17.6 Å². The van der Waals surface area contributed by atoms with Crippen LogP contribution in [-0.2, 0) is 4.79 Å². The fourth-order valence-corrected chi connectivity index (χ4v) is 6.26. The van der Waals surface area contributed by atoms with Gasteiger partial charge in [0.15, 0.2) is 5.17 Å². The van der Waals surface area contributed by atoms with Crippen molar-refractivity contribution in [3.05, 3.63) is 93.1 Å². The van der Waals surface area contributed by atoms with E-state index in [0.29, 0.717) is 27.3 Å². The molecular weight excluding hydrogens is 477 g/mol. The van der Waals surface area contributed by atoms with E-state index in [1.54, 1.807) is 28.8 Å². The maximum atomic E-state index is 13.7. The van der Waals surface area contributed by atoms with Crippen LogP contribution in [0.1, 0.15) is 12.5 Å². The maximum Gasteiger partial charge on any atom is 0.274 e. The predicted octanol–water partition coefficient (Wildman–Crippen LogP) is 7.36. The van der Waals surface area contributed by atoms with Gasteiger partial charge in [-0.15, -0.1) is 0 Å². The van der Waals surface area contributed by atoms with Crippen molar-refractivity contribution in [1.82, 2.24) is 0 Å². The quantitative estimate of drug-likeness (QED) is 0.356. The molecule has 3 aromatic rings. The van der Waals surface area contributed by atoms with Gasteiger partial charge in [-0.05, 0) is 79.7 Å². The summed E-state index contributed by atoms with van der Waals surface area (Å²) in [5.41, 5.74) is 3.35. The molecule has 5 rings (SSSR count). The summed E-state index contributed by atoms with van der Waals surface area (Å²) in [6.45, 7) is 4.71. The Morgan fingerprint density at radius 1 is 1.03 bits per heavy atom. The number of hydrogen-bond acceptors (Lipinski definition) is 5. The minimum atomic E-state index is -0.357. The number of halogens is 2. The lowest BCUT2D eigenvalue weighted by molar-refractivity contribution is -0.113. The molecular formula is C25H19ClFN3OS2. The standard InChI is InChI=1S/C25H19ClFN3OS2/c1-3-29-20-14-16(26)8-13-21(20)32-24(29)22-23(31)30(18-11-9-17(27)10-12-18)25(33-22)28-19-7-5-4-6-15(19)2/h4-14H,3H2,1-2H3/b24-22-,28-25?. The van der Waals surface area contributed by atoms with Crippen LogP contribution in [0.5, 0.6) is 0 Å². The molecule has 1 fully saturated rings. The van der Waals surface area contributed by atoms with Gasteiger partial charge in [0.05, 0.1) is 17.1 Å². The zero-order chi connectivity index (χ0) is 23.1. The molecule has 0 N–H and O–H groups in total. The number of aryl methyl sites for hydroxylation is 1. The van der Waals surface area contributed by atoms with E-state index >= 15 is 0 Å². The number of benzene rings is 3. The summed E-state index contributed by atoms with van der Waals surface area (Å²) in [6, 6.07) is 19.4. The van der Waals surface area contributed by atoms with Crippen molar-refractivity contribution in [1.29, 1.82) is 0 Å². The average molecular weight is 496 g/mol. The Kier molecular flexibility index (Phi) is 5.95. The second kappa shape index (κ2) is 8.89. The largest absolute Gasteiger partial charge is 0.334 e. The van der Waals surface area contributed by atoms with Gasteiger partial charge >= 0.3 is 0 Å². The summed E-state index contributed by atoms with van der Waals surface area (Å²) in [5.74, 6) is -0.538. The van der Waals surface area contributed by atoms with Gasteiger partial charge in [0.1, 0.15) is 15.8 Å². The molecule has 1 amide bonds. The highest BCUT2D eigenvalue weighted by Crippen LogP contribution is 2.51. The molecule has 33 heavy (non-hydrogen) atoms. The fraction of sp³-hybridized carbons (Fsp3) is 0.120. The van der Waals surface area contributed by atoms with Crippen molar-refractivity contribution in [3.63, 3.8) is 0 Å². The Labute approximate surface area is 205 Å². The van der Waals surface area contributed by atoms with Crippen LogP contribution in [0.3, 0.4) is 0 Å². The number of nitrogens with zero attached hydrogens (tertiary/aromatic N) is 3. The smallest absolute Gasteiger partial charge is 0.274 e. The molecule has 0 saturated carbocycles. The molecule has 0 spiro atoms. The Hall–Kier alpha value is -2.74. The predicted molar refractivity (Wildman–Crippen MR) is 137 cm³/mol. The molecule has 0 atom stereocenters. The molecule has 2 heterocycles. The minimum Gasteiger partial charge on any atom is -0.334 e. The number of para-hydroxylation sites is 1. The zero-order valence-corrected chi connectivity index (χ0v) is 20.3. The number of rotatable bonds is 3. The number of carbonyl (C=O) groups is 1. The molecule has 2 aliphatic rings. The first-order valence-corrected chi connectivity index (χ1v) is 12.4. The maximum absolute atomic E-state index is 13.7. The number of carbonyl (C=O) groups excluding carboxylic acids is 1. The van der Waals surface area contributed by atoms with Crippen LogP contribution in [0.25, 0.3) is 0 Å². The van der Waals surface area contributed by atoms with Crippen molar-refractivity contribution in [2.24, 2.45) is 4.99 Å². The molecule has 0 radical (unpaired) electrons. The number of fused-ring (bicyclic) bond motifs is 1. The van der Waals surface area contributed by atoms with Crippen molar-refractivity contribution in [3.8, 4) is 0 Å². The highest BCUT2D eigenvalue weighted by Gasteiger charge is 2.40. The van der Waals surface area contributed by atoms with E-state index in [9.17, 15) is 9.18 Å². The monoisotopic (exact) mass is 495 g/mol. The lowest BCUT2D eigenvalue weighted by Crippen LogP contribution is -2.29. The first kappa shape index (κ1) is 22.1. The minimum absolute atomic E-state index is 0.182. The number of aliphatic imine (C=N–C) groups is 1. The summed E-state index contributed by atoms with van der Waals surface area (Å²) in [4.78, 5) is 23.9. The Balaban J connectivity index is 1.64. The second-order valence-electron chi connectivity index (χ2n) is 7.49. The van der Waals surface area contributed by atoms with Gasteiger partial charge in [0, 0.05) is 16.5 Å². The Bertz CT molecular complexity index is 1320. The molecule has 0 aliphatic carbocycles. The number of hydrogen-bond donors (Lipinski definition) is 0. The Morgan fingerprint density at radius 3 is 2.52 bits per heavy atom. The topological polar surface area (TPSA) is 35.9 Å². The van der Waals surface area contributed by atoms with Crippen LogP contribution < -0.4 is 9.80 Å². The van der Waals surface area contributed by atoms with E-state index in [1.165, 1.54) is 23.9 Å². The van der Waals surface area contributed by atoms with Gasteiger partial charge in [-0.2, -0.15) is 0 Å². The zero-order valence-electron chi connectivity index (χ0n) is 17.9. The lowest BCUT2D eigenvalue weighted by Gasteiger charge is -2.19. The van der Waals surface area contributed by atoms with E-state index in [4.69, 9.17) is 16.6 Å². The van der Waals surface area contributed by atoms with E-state index in [0.717, 1.165) is 26.9 Å². The normalized spacial score (nSPS) is 19.0. The summed E-state index contributed by atoms with van der Waals surface area (Å²) in [5, 5.41) is 2.04. The summed E-state index contributed by atoms with van der Waals surface area (Å²) in [6.07, 6.45) is 0. The molecule has 0 unspecified atom stereocenters. The van der Waals surface area contributed by atoms with Crippen LogP contribution in [0.15, 0.2) is 86.6 Å². The molecule has 2 aliphatic heterocycles. The average Bonchev–Trinajstić information content (AvgIpc) is 3.32. The van der Waals surface area contributed by atoms with Crippen molar-refractivity contribution in [2.75, 3.05) is 16.3 Å². The third kappa shape index (κ3) is 4.05. The van der Waals surface area contributed by atoms with Crippen LogP contribution in [0, 0.1) is 12.7 Å². The molecule has 1 saturated heterocycles. The van der Waals surface area contributed by atoms with Crippen molar-refractivity contribution < 1.29 is 9.18 Å². The van der Waals surface area contributed by atoms with Crippen molar-refractivity contribution in [2.45, 2.75) is 18.7 Å². The van der Waals surface area contributed by atoms with Crippen LogP contribution >= 0.6 is 35.1 Å². The van der Waals surface area contributed by atoms with Crippen LogP contribution in [0.4, 0.5) is 21.5 Å². The molecule has 166 valence electrons. The van der Waals surface area contributed by atoms with E-state index < -0.39 is 0 Å². The molecule has 0 bridgehead atoms. The summed E-state index contributed by atoms with van der Waals surface area (Å²) >= 11 is 9.13. The first-order chi connectivity index (χ1) is 16.0. The SMILES string of the molecule is CCN1/C(=C2/SC(=Nc3ccccc3C)N(c3ccc(F)cc3)C2=O)Sc2ccc(Cl)cc21. The Morgan fingerprint density at radius 2 is 1.79 bits per heavy atom. The number of thioether (sulfide) groups is 2. The molecule has 3 aromatic carbocycles. The van der Waals surface area contributed by atoms with E-state index in [2.05, 4.69) is 4.90 Å². The summed E-state index contributed by atoms with van der Waals surface area (Å²) in [7, 11) is 0. The van der Waals surface area contributed by atoms with Gasteiger partial charge in [-0.3, -0.25) is 9.69 Å². The van der Waals surface area contributed by atoms with E-state index in [1.807, 2.05) is 56.3 Å². The number of amidine groups is 1. The molecule has 8 heteroatoms. The first-order valence-electron chi connectivity index (χ1n) is 10.4. The molecule has 0 aromatic heterocycles. The van der Waals surface area contributed by atoms with Gasteiger partial charge in [0.25, 0.3) is 5.91 Å². The van der Waals surface area contributed by atoms with Crippen LogP contribution in [0.2, 0.25) is 5.02 Å². The molecule has 4 nitrogen and oxygen atoms in total. The number of anilines is 2. The van der Waals surface area contributed by atoms with Gasteiger partial charge in [-0.1, -0.05) is 41.6 Å². The van der Waals surface area contributed by atoms with Gasteiger partial charge in [0.2, 0.25) is 0 Å². The number of amides is 1. The van der Waals surface area contributed by atoms with E-state index in [-0.39, 0.29) is 11.7 Å². The lowest BCUT2D eigenvalue weighted by atomic mass is 10.2. The second-order valence-corrected chi connectivity index (χ2v) is 9.94. The van der Waals surface area contributed by atoms with Gasteiger partial charge in [-0.25, -0.2) is 9.38 Å². The third-order valence-electron chi connectivity index (χ3n) is 5.37. The third-order valence-corrected chi connectivity index (χ3v) is 7.95.